The van der Waals surface area contributed by atoms with E-state index in [1.54, 1.807) is 26.0 Å². The topological polar surface area (TPSA) is 75.3 Å². The highest BCUT2D eigenvalue weighted by Crippen LogP contribution is 2.38. The number of carbonyl (C=O) groups excluding carboxylic acids is 1. The lowest BCUT2D eigenvalue weighted by molar-refractivity contribution is -0.119. The van der Waals surface area contributed by atoms with E-state index in [9.17, 15) is 13.2 Å². The third kappa shape index (κ3) is 2.45. The molecule has 1 aromatic carbocycles. The molecule has 1 atom stereocenters. The van der Waals surface area contributed by atoms with Gasteiger partial charge in [0.25, 0.3) is 0 Å². The van der Waals surface area contributed by atoms with E-state index in [2.05, 4.69) is 10.0 Å². The van der Waals surface area contributed by atoms with E-state index >= 15 is 0 Å². The fourth-order valence-electron chi connectivity index (χ4n) is 2.13. The second kappa shape index (κ2) is 4.86. The van der Waals surface area contributed by atoms with Crippen LogP contribution in [-0.2, 0) is 20.2 Å². The van der Waals surface area contributed by atoms with Gasteiger partial charge in [-0.3, -0.25) is 4.79 Å². The van der Waals surface area contributed by atoms with Crippen molar-refractivity contribution in [1.29, 1.82) is 0 Å². The molecular weight excluding hydrogens is 276 g/mol. The van der Waals surface area contributed by atoms with Crippen molar-refractivity contribution in [1.82, 2.24) is 4.72 Å². The summed E-state index contributed by atoms with van der Waals surface area (Å²) in [5.41, 5.74) is 0.689. The molecule has 2 rings (SSSR count). The summed E-state index contributed by atoms with van der Waals surface area (Å²) >= 11 is 0. The lowest BCUT2D eigenvalue weighted by Gasteiger charge is -2.17. The predicted octanol–water partition coefficient (Wildman–Crippen LogP) is 1.99. The smallest absolute Gasteiger partial charge is 0.240 e. The summed E-state index contributed by atoms with van der Waals surface area (Å²) < 4.78 is 27.2. The maximum Gasteiger partial charge on any atom is 0.240 e. The van der Waals surface area contributed by atoms with E-state index in [-0.39, 0.29) is 16.8 Å². The quantitative estimate of drug-likeness (QED) is 0.892. The molecule has 110 valence electrons. The van der Waals surface area contributed by atoms with Crippen LogP contribution in [0.1, 0.15) is 39.7 Å². The molecule has 1 aromatic rings. The second-order valence-corrected chi connectivity index (χ2v) is 7.43. The number of amides is 1. The van der Waals surface area contributed by atoms with E-state index in [1.165, 1.54) is 6.07 Å². The largest absolute Gasteiger partial charge is 0.325 e. The van der Waals surface area contributed by atoms with Gasteiger partial charge in [0.1, 0.15) is 0 Å². The lowest BCUT2D eigenvalue weighted by atomic mass is 9.86. The van der Waals surface area contributed by atoms with Gasteiger partial charge in [-0.05, 0) is 51.0 Å². The zero-order chi connectivity index (χ0) is 15.1. The molecule has 0 aliphatic carbocycles. The van der Waals surface area contributed by atoms with Crippen LogP contribution in [0.2, 0.25) is 0 Å². The monoisotopic (exact) mass is 296 g/mol. The van der Waals surface area contributed by atoms with Gasteiger partial charge in [0.05, 0.1) is 10.3 Å². The van der Waals surface area contributed by atoms with E-state index in [1.807, 2.05) is 13.8 Å². The number of hydrogen-bond acceptors (Lipinski definition) is 3. The van der Waals surface area contributed by atoms with E-state index in [0.717, 1.165) is 12.0 Å². The number of anilines is 1. The highest BCUT2D eigenvalue weighted by Gasteiger charge is 2.39. The summed E-state index contributed by atoms with van der Waals surface area (Å²) in [6, 6.07) is 4.62. The van der Waals surface area contributed by atoms with E-state index in [4.69, 9.17) is 0 Å². The zero-order valence-electron chi connectivity index (χ0n) is 12.1. The molecule has 1 heterocycles. The lowest BCUT2D eigenvalue weighted by Crippen LogP contribution is -2.32. The molecule has 1 aliphatic heterocycles. The Balaban J connectivity index is 2.43. The van der Waals surface area contributed by atoms with E-state index < -0.39 is 15.4 Å². The molecular formula is C14H20N2O3S. The van der Waals surface area contributed by atoms with Gasteiger partial charge in [0.15, 0.2) is 0 Å². The molecule has 0 fully saturated rings. The molecule has 6 heteroatoms. The summed E-state index contributed by atoms with van der Waals surface area (Å²) in [6.45, 7) is 7.31. The first kappa shape index (κ1) is 15.0. The minimum absolute atomic E-state index is 0.114. The SMILES string of the molecule is CC[C@@H](C)NS(=O)(=O)c1ccc2c(c1)C(C)(C)C(=O)N2. The van der Waals surface area contributed by atoms with Crippen LogP contribution in [0.15, 0.2) is 23.1 Å². The minimum atomic E-state index is -3.55. The van der Waals surface area contributed by atoms with Gasteiger partial charge in [-0.15, -0.1) is 0 Å². The number of nitrogens with one attached hydrogen (secondary N) is 2. The van der Waals surface area contributed by atoms with Gasteiger partial charge in [0.2, 0.25) is 15.9 Å². The highest BCUT2D eigenvalue weighted by molar-refractivity contribution is 7.89. The number of rotatable bonds is 4. The van der Waals surface area contributed by atoms with Crippen LogP contribution in [-0.4, -0.2) is 20.4 Å². The fraction of sp³-hybridized carbons (Fsp3) is 0.500. The number of sulfonamides is 1. The van der Waals surface area contributed by atoms with Gasteiger partial charge in [-0.25, -0.2) is 13.1 Å². The van der Waals surface area contributed by atoms with Crippen LogP contribution in [0.25, 0.3) is 0 Å². The molecule has 1 amide bonds. The second-order valence-electron chi connectivity index (χ2n) is 5.72. The van der Waals surface area contributed by atoms with Crippen LogP contribution in [0.5, 0.6) is 0 Å². The van der Waals surface area contributed by atoms with Gasteiger partial charge in [0, 0.05) is 11.7 Å². The highest BCUT2D eigenvalue weighted by atomic mass is 32.2. The molecule has 0 saturated carbocycles. The van der Waals surface area contributed by atoms with Crippen molar-refractivity contribution >= 4 is 21.6 Å². The van der Waals surface area contributed by atoms with E-state index in [0.29, 0.717) is 5.69 Å². The number of carbonyl (C=O) groups is 1. The third-order valence-electron chi connectivity index (χ3n) is 3.76. The van der Waals surface area contributed by atoms with Crippen LogP contribution in [0.3, 0.4) is 0 Å². The van der Waals surface area contributed by atoms with Gasteiger partial charge in [-0.1, -0.05) is 6.92 Å². The number of benzene rings is 1. The Bertz CT molecular complexity index is 650. The summed E-state index contributed by atoms with van der Waals surface area (Å²) in [4.78, 5) is 12.1. The predicted molar refractivity (Wildman–Crippen MR) is 78.2 cm³/mol. The summed E-state index contributed by atoms with van der Waals surface area (Å²) in [7, 11) is -3.55. The molecule has 20 heavy (non-hydrogen) atoms. The molecule has 5 nitrogen and oxygen atoms in total. The molecule has 0 spiro atoms. The first-order valence-corrected chi connectivity index (χ1v) is 8.15. The Morgan fingerprint density at radius 3 is 2.60 bits per heavy atom. The van der Waals surface area contributed by atoms with Gasteiger partial charge in [-0.2, -0.15) is 0 Å². The first-order valence-electron chi connectivity index (χ1n) is 6.67. The van der Waals surface area contributed by atoms with Crippen molar-refractivity contribution in [3.8, 4) is 0 Å². The molecule has 0 unspecified atom stereocenters. The van der Waals surface area contributed by atoms with Crippen molar-refractivity contribution in [2.75, 3.05) is 5.32 Å². The summed E-state index contributed by atoms with van der Waals surface area (Å²) in [6.07, 6.45) is 0.718. The normalized spacial score (nSPS) is 18.5. The standard InChI is InChI=1S/C14H20N2O3S/c1-5-9(2)16-20(18,19)10-6-7-12-11(8-10)14(3,4)13(17)15-12/h6-9,16H,5H2,1-4H3,(H,15,17)/t9-/m1/s1. The Kier molecular flexibility index (Phi) is 3.64. The average Bonchev–Trinajstić information content (AvgIpc) is 2.59. The molecule has 2 N–H and O–H groups in total. The molecule has 0 saturated heterocycles. The number of hydrogen-bond donors (Lipinski definition) is 2. The first-order chi connectivity index (χ1) is 9.18. The molecule has 0 radical (unpaired) electrons. The Labute approximate surface area is 119 Å². The van der Waals surface area contributed by atoms with Gasteiger partial charge >= 0.3 is 0 Å². The maximum atomic E-state index is 12.3. The zero-order valence-corrected chi connectivity index (χ0v) is 13.0. The van der Waals surface area contributed by atoms with Crippen molar-refractivity contribution in [3.05, 3.63) is 23.8 Å². The molecule has 0 bridgehead atoms. The number of fused-ring (bicyclic) bond motifs is 1. The minimum Gasteiger partial charge on any atom is -0.325 e. The fourth-order valence-corrected chi connectivity index (χ4v) is 3.49. The summed E-state index contributed by atoms with van der Waals surface area (Å²) in [5.74, 6) is -0.114. The van der Waals surface area contributed by atoms with Crippen LogP contribution in [0.4, 0.5) is 5.69 Å². The summed E-state index contributed by atoms with van der Waals surface area (Å²) in [5, 5.41) is 2.76. The van der Waals surface area contributed by atoms with Crippen molar-refractivity contribution in [2.24, 2.45) is 0 Å². The Hall–Kier alpha value is -1.40. The van der Waals surface area contributed by atoms with Crippen LogP contribution in [0, 0.1) is 0 Å². The van der Waals surface area contributed by atoms with Crippen LogP contribution >= 0.6 is 0 Å². The Morgan fingerprint density at radius 2 is 2.00 bits per heavy atom. The van der Waals surface area contributed by atoms with Crippen LogP contribution < -0.4 is 10.0 Å². The molecule has 0 aromatic heterocycles. The average molecular weight is 296 g/mol. The Morgan fingerprint density at radius 1 is 1.35 bits per heavy atom. The van der Waals surface area contributed by atoms with Crippen molar-refractivity contribution < 1.29 is 13.2 Å². The van der Waals surface area contributed by atoms with Crippen molar-refractivity contribution in [2.45, 2.75) is 50.5 Å². The maximum absolute atomic E-state index is 12.3. The third-order valence-corrected chi connectivity index (χ3v) is 5.35. The van der Waals surface area contributed by atoms with Gasteiger partial charge < -0.3 is 5.32 Å². The molecule has 1 aliphatic rings. The van der Waals surface area contributed by atoms with Crippen molar-refractivity contribution in [3.63, 3.8) is 0 Å².